The molecule has 1 aromatic heterocycles. The summed E-state index contributed by atoms with van der Waals surface area (Å²) in [5.74, 6) is 0.0489. The van der Waals surface area contributed by atoms with Crippen LogP contribution in [0, 0.1) is 0 Å². The summed E-state index contributed by atoms with van der Waals surface area (Å²) in [6.45, 7) is 3.63. The van der Waals surface area contributed by atoms with Crippen molar-refractivity contribution < 1.29 is 28.9 Å². The highest BCUT2D eigenvalue weighted by atomic mass is 16.6. The maximum absolute atomic E-state index is 13.3. The Balaban J connectivity index is 1.59. The van der Waals surface area contributed by atoms with Crippen molar-refractivity contribution in [2.45, 2.75) is 25.9 Å². The van der Waals surface area contributed by atoms with E-state index in [4.69, 9.17) is 14.2 Å². The molecule has 36 heavy (non-hydrogen) atoms. The Morgan fingerprint density at radius 1 is 1.03 bits per heavy atom. The second kappa shape index (κ2) is 10.1. The maximum atomic E-state index is 13.3. The van der Waals surface area contributed by atoms with Crippen LogP contribution in [0.4, 0.5) is 0 Å². The van der Waals surface area contributed by atoms with Gasteiger partial charge in [0.1, 0.15) is 24.7 Å². The van der Waals surface area contributed by atoms with Crippen LogP contribution in [-0.2, 0) is 16.1 Å². The molecule has 0 radical (unpaired) electrons. The van der Waals surface area contributed by atoms with Crippen molar-refractivity contribution in [3.63, 3.8) is 0 Å². The van der Waals surface area contributed by atoms with E-state index in [1.54, 1.807) is 42.7 Å². The van der Waals surface area contributed by atoms with Crippen molar-refractivity contribution in [3.8, 4) is 17.2 Å². The molecule has 1 amide bonds. The van der Waals surface area contributed by atoms with Gasteiger partial charge in [0.25, 0.3) is 11.7 Å². The number of aliphatic hydroxyl groups excluding tert-OH is 1. The molecule has 1 atom stereocenters. The lowest BCUT2D eigenvalue weighted by Gasteiger charge is -2.26. The number of carbonyl (C=O) groups is 2. The monoisotopic (exact) mass is 486 g/mol. The number of hydrogen-bond acceptors (Lipinski definition) is 7. The Bertz CT molecular complexity index is 1300. The summed E-state index contributed by atoms with van der Waals surface area (Å²) in [4.78, 5) is 32.0. The molecular formula is C28H26N2O6. The second-order valence-corrected chi connectivity index (χ2v) is 8.56. The number of aromatic nitrogens is 1. The van der Waals surface area contributed by atoms with E-state index >= 15 is 0 Å². The van der Waals surface area contributed by atoms with Gasteiger partial charge in [-0.2, -0.15) is 0 Å². The van der Waals surface area contributed by atoms with Gasteiger partial charge in [0.05, 0.1) is 18.2 Å². The molecule has 184 valence electrons. The molecule has 1 saturated heterocycles. The van der Waals surface area contributed by atoms with Crippen LogP contribution in [0.2, 0.25) is 0 Å². The topological polar surface area (TPSA) is 98.2 Å². The summed E-state index contributed by atoms with van der Waals surface area (Å²) < 4.78 is 16.9. The zero-order chi connectivity index (χ0) is 25.1. The van der Waals surface area contributed by atoms with Gasteiger partial charge >= 0.3 is 0 Å². The van der Waals surface area contributed by atoms with Gasteiger partial charge in [-0.05, 0) is 60.0 Å². The van der Waals surface area contributed by atoms with E-state index < -0.39 is 17.7 Å². The first-order chi connectivity index (χ1) is 17.6. The molecule has 0 spiro atoms. The number of fused-ring (bicyclic) bond motifs is 1. The number of ketones is 1. The van der Waals surface area contributed by atoms with E-state index in [2.05, 4.69) is 4.98 Å². The molecule has 8 heteroatoms. The number of benzene rings is 2. The Hall–Kier alpha value is -4.33. The summed E-state index contributed by atoms with van der Waals surface area (Å²) >= 11 is 0. The highest BCUT2D eigenvalue weighted by Gasteiger charge is 2.46. The molecular weight excluding hydrogens is 460 g/mol. The maximum Gasteiger partial charge on any atom is 0.295 e. The SMILES string of the molecule is CCCOc1ccc(C2/C(=C(\O)c3ccc4c(c3)OCCO4)C(=O)C(=O)N2Cc2ccncc2)cc1. The summed E-state index contributed by atoms with van der Waals surface area (Å²) in [5, 5.41) is 11.3. The van der Waals surface area contributed by atoms with Crippen molar-refractivity contribution in [2.75, 3.05) is 19.8 Å². The lowest BCUT2D eigenvalue weighted by atomic mass is 9.95. The zero-order valence-corrected chi connectivity index (χ0v) is 19.8. The number of likely N-dealkylation sites (tertiary alicyclic amines) is 1. The number of pyridine rings is 1. The predicted octanol–water partition coefficient (Wildman–Crippen LogP) is 4.26. The van der Waals surface area contributed by atoms with Crippen molar-refractivity contribution >= 4 is 17.4 Å². The predicted molar refractivity (Wildman–Crippen MR) is 132 cm³/mol. The Morgan fingerprint density at radius 2 is 1.75 bits per heavy atom. The van der Waals surface area contributed by atoms with E-state index in [1.165, 1.54) is 4.90 Å². The average molecular weight is 487 g/mol. The number of carbonyl (C=O) groups excluding carboxylic acids is 2. The number of ether oxygens (including phenoxy) is 3. The molecule has 2 aromatic carbocycles. The minimum Gasteiger partial charge on any atom is -0.507 e. The quantitative estimate of drug-likeness (QED) is 0.303. The minimum atomic E-state index is -0.786. The summed E-state index contributed by atoms with van der Waals surface area (Å²) in [6.07, 6.45) is 4.15. The summed E-state index contributed by atoms with van der Waals surface area (Å²) in [5.41, 5.74) is 1.90. The van der Waals surface area contributed by atoms with Crippen molar-refractivity contribution in [1.82, 2.24) is 9.88 Å². The summed E-state index contributed by atoms with van der Waals surface area (Å²) in [6, 6.07) is 15.0. The van der Waals surface area contributed by atoms with Crippen molar-refractivity contribution in [2.24, 2.45) is 0 Å². The first-order valence-corrected chi connectivity index (χ1v) is 11.9. The molecule has 8 nitrogen and oxygen atoms in total. The lowest BCUT2D eigenvalue weighted by molar-refractivity contribution is -0.140. The van der Waals surface area contributed by atoms with Gasteiger partial charge in [0.15, 0.2) is 11.5 Å². The fraction of sp³-hybridized carbons (Fsp3) is 0.250. The van der Waals surface area contributed by atoms with Crippen LogP contribution >= 0.6 is 0 Å². The second-order valence-electron chi connectivity index (χ2n) is 8.56. The highest BCUT2D eigenvalue weighted by Crippen LogP contribution is 2.42. The van der Waals surface area contributed by atoms with Crippen LogP contribution in [0.25, 0.3) is 5.76 Å². The van der Waals surface area contributed by atoms with Gasteiger partial charge < -0.3 is 24.2 Å². The van der Waals surface area contributed by atoms with E-state index in [-0.39, 0.29) is 17.9 Å². The first-order valence-electron chi connectivity index (χ1n) is 11.9. The van der Waals surface area contributed by atoms with Gasteiger partial charge in [0, 0.05) is 24.5 Å². The van der Waals surface area contributed by atoms with E-state index in [1.807, 2.05) is 31.2 Å². The third-order valence-electron chi connectivity index (χ3n) is 6.13. The van der Waals surface area contributed by atoms with Gasteiger partial charge in [-0.25, -0.2) is 0 Å². The molecule has 0 aliphatic carbocycles. The van der Waals surface area contributed by atoms with Crippen molar-refractivity contribution in [3.05, 3.63) is 89.3 Å². The van der Waals surface area contributed by atoms with Gasteiger partial charge in [-0.1, -0.05) is 19.1 Å². The fourth-order valence-corrected chi connectivity index (χ4v) is 4.39. The van der Waals surface area contributed by atoms with E-state index in [9.17, 15) is 14.7 Å². The van der Waals surface area contributed by atoms with Gasteiger partial charge in [-0.15, -0.1) is 0 Å². The van der Waals surface area contributed by atoms with Crippen LogP contribution < -0.4 is 14.2 Å². The molecule has 1 N–H and O–H groups in total. The molecule has 1 unspecified atom stereocenters. The van der Waals surface area contributed by atoms with Crippen molar-refractivity contribution in [1.29, 1.82) is 0 Å². The molecule has 0 saturated carbocycles. The van der Waals surface area contributed by atoms with E-state index in [0.717, 1.165) is 12.0 Å². The standard InChI is InChI=1S/C28H26N2O6/c1-2-13-34-21-6-3-19(4-7-21)25-24(26(31)20-5-8-22-23(16-20)36-15-14-35-22)27(32)28(33)30(25)17-18-9-11-29-12-10-18/h3-12,16,25,31H,2,13-15,17H2,1H3/b26-24+. The number of hydrogen-bond donors (Lipinski definition) is 1. The number of Topliss-reactive ketones (excluding diaryl/α,β-unsaturated/α-hetero) is 1. The Kier molecular flexibility index (Phi) is 6.58. The molecule has 1 fully saturated rings. The molecule has 3 heterocycles. The fourth-order valence-electron chi connectivity index (χ4n) is 4.39. The van der Waals surface area contributed by atoms with Crippen LogP contribution in [0.3, 0.4) is 0 Å². The molecule has 2 aliphatic rings. The Labute approximate surface area is 208 Å². The van der Waals surface area contributed by atoms with E-state index in [0.29, 0.717) is 48.2 Å². The number of aliphatic hydroxyl groups is 1. The first kappa shape index (κ1) is 23.4. The normalized spacial score (nSPS) is 18.4. The molecule has 3 aromatic rings. The van der Waals surface area contributed by atoms with Gasteiger partial charge in [-0.3, -0.25) is 14.6 Å². The molecule has 0 bridgehead atoms. The average Bonchev–Trinajstić information content (AvgIpc) is 3.17. The van der Waals surface area contributed by atoms with Crippen LogP contribution in [-0.4, -0.2) is 46.5 Å². The number of nitrogens with zero attached hydrogens (tertiary/aromatic N) is 2. The number of amides is 1. The zero-order valence-electron chi connectivity index (χ0n) is 19.8. The van der Waals surface area contributed by atoms with Gasteiger partial charge in [0.2, 0.25) is 0 Å². The smallest absolute Gasteiger partial charge is 0.295 e. The van der Waals surface area contributed by atoms with Crippen LogP contribution in [0.15, 0.2) is 72.6 Å². The Morgan fingerprint density at radius 3 is 2.47 bits per heavy atom. The molecule has 2 aliphatic heterocycles. The van der Waals surface area contributed by atoms with Crippen LogP contribution in [0.1, 0.15) is 36.1 Å². The largest absolute Gasteiger partial charge is 0.507 e. The number of rotatable bonds is 7. The van der Waals surface area contributed by atoms with Crippen LogP contribution in [0.5, 0.6) is 17.2 Å². The molecule has 5 rings (SSSR count). The lowest BCUT2D eigenvalue weighted by Crippen LogP contribution is -2.29. The third-order valence-corrected chi connectivity index (χ3v) is 6.13. The highest BCUT2D eigenvalue weighted by molar-refractivity contribution is 6.46. The third kappa shape index (κ3) is 4.49. The minimum absolute atomic E-state index is 0.0213. The summed E-state index contributed by atoms with van der Waals surface area (Å²) in [7, 11) is 0.